The second kappa shape index (κ2) is 8.57. The molecule has 0 spiro atoms. The minimum Gasteiger partial charge on any atom is -0.356 e. The molecular weight excluding hydrogens is 387 g/mol. The highest BCUT2D eigenvalue weighted by atomic mass is 35.5. The summed E-state index contributed by atoms with van der Waals surface area (Å²) in [4.78, 5) is 18.7. The predicted molar refractivity (Wildman–Crippen MR) is 106 cm³/mol. The summed E-state index contributed by atoms with van der Waals surface area (Å²) in [5.41, 5.74) is 0.612. The normalized spacial score (nSPS) is 20.3. The topological polar surface area (TPSA) is 51.7 Å². The van der Waals surface area contributed by atoms with Gasteiger partial charge in [-0.1, -0.05) is 35.3 Å². The van der Waals surface area contributed by atoms with Gasteiger partial charge in [0.1, 0.15) is 5.82 Å². The standard InChI is InChI=1S/C20H22Cl2N2O3/c1-26-19(27-2)12-20(14-6-7-15(21)16(22)11-14)9-8-18(25)24(13-20)17-5-3-4-10-23-17/h3-7,10-11,19H,8-9,12-13H2,1-2H3/t20-/m1/s1. The van der Waals surface area contributed by atoms with Crippen molar-refractivity contribution in [2.75, 3.05) is 25.7 Å². The molecule has 144 valence electrons. The van der Waals surface area contributed by atoms with Crippen LogP contribution in [0.1, 0.15) is 24.8 Å². The fraction of sp³-hybridized carbons (Fsp3) is 0.400. The first kappa shape index (κ1) is 20.1. The van der Waals surface area contributed by atoms with Crippen LogP contribution in [-0.4, -0.2) is 37.9 Å². The number of carbonyl (C=O) groups excluding carboxylic acids is 1. The van der Waals surface area contributed by atoms with Crippen molar-refractivity contribution in [3.63, 3.8) is 0 Å². The van der Waals surface area contributed by atoms with E-state index < -0.39 is 11.7 Å². The summed E-state index contributed by atoms with van der Waals surface area (Å²) in [7, 11) is 3.22. The maximum absolute atomic E-state index is 12.6. The number of pyridine rings is 1. The van der Waals surface area contributed by atoms with Gasteiger partial charge in [0, 0.05) is 45.2 Å². The average Bonchev–Trinajstić information content (AvgIpc) is 2.70. The number of anilines is 1. The van der Waals surface area contributed by atoms with Gasteiger partial charge in [0.05, 0.1) is 10.0 Å². The lowest BCUT2D eigenvalue weighted by molar-refractivity contribution is -0.127. The maximum atomic E-state index is 12.6. The Morgan fingerprint density at radius 2 is 1.96 bits per heavy atom. The molecule has 1 aliphatic rings. The van der Waals surface area contributed by atoms with Crippen LogP contribution in [0.2, 0.25) is 10.0 Å². The van der Waals surface area contributed by atoms with Crippen LogP contribution in [0.3, 0.4) is 0 Å². The molecule has 2 heterocycles. The lowest BCUT2D eigenvalue weighted by atomic mass is 9.71. The third-order valence-electron chi connectivity index (χ3n) is 5.12. The van der Waals surface area contributed by atoms with E-state index in [1.165, 1.54) is 0 Å². The first-order valence-electron chi connectivity index (χ1n) is 8.71. The third kappa shape index (κ3) is 4.27. The number of halogens is 2. The van der Waals surface area contributed by atoms with Gasteiger partial charge in [-0.15, -0.1) is 0 Å². The van der Waals surface area contributed by atoms with E-state index in [-0.39, 0.29) is 5.91 Å². The molecule has 7 heteroatoms. The van der Waals surface area contributed by atoms with Crippen molar-refractivity contribution >= 4 is 34.9 Å². The number of carbonyl (C=O) groups is 1. The number of piperidine rings is 1. The molecule has 27 heavy (non-hydrogen) atoms. The van der Waals surface area contributed by atoms with Gasteiger partial charge in [-0.3, -0.25) is 9.69 Å². The van der Waals surface area contributed by atoms with Crippen LogP contribution in [0.15, 0.2) is 42.6 Å². The Morgan fingerprint density at radius 3 is 2.59 bits per heavy atom. The van der Waals surface area contributed by atoms with Crippen LogP contribution in [0.25, 0.3) is 0 Å². The van der Waals surface area contributed by atoms with Crippen molar-refractivity contribution < 1.29 is 14.3 Å². The van der Waals surface area contributed by atoms with Gasteiger partial charge in [0.2, 0.25) is 5.91 Å². The summed E-state index contributed by atoms with van der Waals surface area (Å²) >= 11 is 12.4. The largest absolute Gasteiger partial charge is 0.356 e. The average molecular weight is 409 g/mol. The van der Waals surface area contributed by atoms with Gasteiger partial charge in [-0.2, -0.15) is 0 Å². The van der Waals surface area contributed by atoms with Crippen LogP contribution >= 0.6 is 23.2 Å². The lowest BCUT2D eigenvalue weighted by Crippen LogP contribution is -2.51. The van der Waals surface area contributed by atoms with Gasteiger partial charge in [0.15, 0.2) is 6.29 Å². The third-order valence-corrected chi connectivity index (χ3v) is 5.86. The molecule has 0 bridgehead atoms. The molecule has 0 aliphatic carbocycles. The Morgan fingerprint density at radius 1 is 1.19 bits per heavy atom. The van der Waals surface area contributed by atoms with Gasteiger partial charge >= 0.3 is 0 Å². The Balaban J connectivity index is 2.03. The molecular formula is C20H22Cl2N2O3. The van der Waals surface area contributed by atoms with Gasteiger partial charge in [0.25, 0.3) is 0 Å². The number of benzene rings is 1. The first-order valence-corrected chi connectivity index (χ1v) is 9.47. The van der Waals surface area contributed by atoms with E-state index in [0.29, 0.717) is 41.7 Å². The highest BCUT2D eigenvalue weighted by molar-refractivity contribution is 6.42. The summed E-state index contributed by atoms with van der Waals surface area (Å²) in [5, 5.41) is 0.986. The number of amides is 1. The molecule has 0 radical (unpaired) electrons. The zero-order valence-electron chi connectivity index (χ0n) is 15.3. The van der Waals surface area contributed by atoms with Crippen molar-refractivity contribution in [3.8, 4) is 0 Å². The second-order valence-electron chi connectivity index (χ2n) is 6.68. The fourth-order valence-electron chi connectivity index (χ4n) is 3.60. The quantitative estimate of drug-likeness (QED) is 0.661. The Labute approximate surface area is 169 Å². The molecule has 0 unspecified atom stereocenters. The van der Waals surface area contributed by atoms with E-state index in [1.54, 1.807) is 31.4 Å². The van der Waals surface area contributed by atoms with Crippen molar-refractivity contribution in [1.29, 1.82) is 0 Å². The summed E-state index contributed by atoms with van der Waals surface area (Å²) in [6.07, 6.45) is 2.92. The molecule has 1 aromatic carbocycles. The molecule has 1 saturated heterocycles. The van der Waals surface area contributed by atoms with E-state index in [1.807, 2.05) is 30.3 Å². The number of aromatic nitrogens is 1. The molecule has 2 aromatic rings. The SMILES string of the molecule is COC(C[C@]1(c2ccc(Cl)c(Cl)c2)CCC(=O)N(c2ccccn2)C1)OC. The first-order chi connectivity index (χ1) is 13.0. The van der Waals surface area contributed by atoms with Gasteiger partial charge in [-0.05, 0) is 36.2 Å². The highest BCUT2D eigenvalue weighted by Gasteiger charge is 2.43. The van der Waals surface area contributed by atoms with Crippen LogP contribution in [-0.2, 0) is 19.7 Å². The molecule has 0 N–H and O–H groups in total. The Bertz CT molecular complexity index is 799. The zero-order valence-corrected chi connectivity index (χ0v) is 16.8. The lowest BCUT2D eigenvalue weighted by Gasteiger charge is -2.44. The summed E-state index contributed by atoms with van der Waals surface area (Å²) < 4.78 is 10.9. The number of nitrogens with zero attached hydrogens (tertiary/aromatic N) is 2. The Hall–Kier alpha value is -1.66. The van der Waals surface area contributed by atoms with E-state index in [9.17, 15) is 4.79 Å². The molecule has 1 aliphatic heterocycles. The zero-order chi connectivity index (χ0) is 19.4. The highest BCUT2D eigenvalue weighted by Crippen LogP contribution is 2.42. The Kier molecular flexibility index (Phi) is 6.37. The molecule has 3 rings (SSSR count). The van der Waals surface area contributed by atoms with E-state index in [4.69, 9.17) is 32.7 Å². The van der Waals surface area contributed by atoms with Crippen LogP contribution in [0.4, 0.5) is 5.82 Å². The van der Waals surface area contributed by atoms with Crippen LogP contribution in [0, 0.1) is 0 Å². The van der Waals surface area contributed by atoms with Crippen LogP contribution < -0.4 is 4.90 Å². The number of hydrogen-bond donors (Lipinski definition) is 0. The van der Waals surface area contributed by atoms with Crippen molar-refractivity contribution in [3.05, 3.63) is 58.2 Å². The monoisotopic (exact) mass is 408 g/mol. The molecule has 1 amide bonds. The number of methoxy groups -OCH3 is 2. The fourth-order valence-corrected chi connectivity index (χ4v) is 3.90. The maximum Gasteiger partial charge on any atom is 0.228 e. The van der Waals surface area contributed by atoms with E-state index in [0.717, 1.165) is 5.56 Å². The second-order valence-corrected chi connectivity index (χ2v) is 7.50. The molecule has 1 aromatic heterocycles. The smallest absolute Gasteiger partial charge is 0.228 e. The minimum atomic E-state index is -0.404. The molecule has 1 fully saturated rings. The summed E-state index contributed by atoms with van der Waals surface area (Å²) in [6, 6.07) is 11.2. The van der Waals surface area contributed by atoms with Gasteiger partial charge < -0.3 is 9.47 Å². The molecule has 1 atom stereocenters. The number of rotatable bonds is 6. The van der Waals surface area contributed by atoms with Crippen molar-refractivity contribution in [2.45, 2.75) is 31.0 Å². The van der Waals surface area contributed by atoms with Crippen LogP contribution in [0.5, 0.6) is 0 Å². The predicted octanol–water partition coefficient (Wildman–Crippen LogP) is 4.46. The number of hydrogen-bond acceptors (Lipinski definition) is 4. The van der Waals surface area contributed by atoms with E-state index in [2.05, 4.69) is 4.98 Å². The summed E-state index contributed by atoms with van der Waals surface area (Å²) in [5.74, 6) is 0.689. The van der Waals surface area contributed by atoms with Crippen molar-refractivity contribution in [1.82, 2.24) is 4.98 Å². The summed E-state index contributed by atoms with van der Waals surface area (Å²) in [6.45, 7) is 0.462. The van der Waals surface area contributed by atoms with Gasteiger partial charge in [-0.25, -0.2) is 4.98 Å². The molecule has 0 saturated carbocycles. The van der Waals surface area contributed by atoms with Crippen molar-refractivity contribution in [2.24, 2.45) is 0 Å². The molecule has 5 nitrogen and oxygen atoms in total. The minimum absolute atomic E-state index is 0.0516. The van der Waals surface area contributed by atoms with E-state index >= 15 is 0 Å². The number of ether oxygens (including phenoxy) is 2.